The van der Waals surface area contributed by atoms with E-state index in [1.165, 1.54) is 115 Å². The van der Waals surface area contributed by atoms with Crippen molar-refractivity contribution in [3.8, 4) is 22.3 Å². The number of hydrogen-bond acceptors (Lipinski definition) is 2. The van der Waals surface area contributed by atoms with Crippen LogP contribution in [0.3, 0.4) is 0 Å². The summed E-state index contributed by atoms with van der Waals surface area (Å²) in [6, 6.07) is 8.82. The molecule has 5 aromatic carbocycles. The molecular weight excluding hydrogens is 568 g/mol. The molecule has 48 heavy (non-hydrogen) atoms. The summed E-state index contributed by atoms with van der Waals surface area (Å²) in [6.07, 6.45) is 0. The summed E-state index contributed by atoms with van der Waals surface area (Å²) in [5, 5.41) is 5.67. The quantitative estimate of drug-likeness (QED) is 0.189. The molecule has 0 N–H and O–H groups in total. The zero-order valence-corrected chi connectivity index (χ0v) is 32.7. The van der Waals surface area contributed by atoms with Gasteiger partial charge >= 0.3 is 7.12 Å². The van der Waals surface area contributed by atoms with E-state index in [9.17, 15) is 0 Å². The second kappa shape index (κ2) is 11.8. The number of benzene rings is 5. The van der Waals surface area contributed by atoms with E-state index in [0.29, 0.717) is 0 Å². The van der Waals surface area contributed by atoms with Crippen LogP contribution < -0.4 is 76.5 Å². The van der Waals surface area contributed by atoms with E-state index in [0.717, 1.165) is 5.46 Å². The molecule has 0 bridgehead atoms. The van der Waals surface area contributed by atoms with Gasteiger partial charge in [0.25, 0.3) is 0 Å². The van der Waals surface area contributed by atoms with Crippen LogP contribution >= 0.6 is 0 Å². The summed E-state index contributed by atoms with van der Waals surface area (Å²) in [5.41, 5.74) is 23.7. The normalized spacial score (nSPS) is 15.5. The first kappa shape index (κ1) is 35.3. The molecule has 0 radical (unpaired) electrons. The standard InChI is InChI=1S/C32H42B14O2/c1-31(2)32(3,4)48-46(47-31)10-7-5-6-9(8-10)11-18(33)12-13(22(37)21(11)36)19(34)14(24(39)23(12)38)15-20(35)16-17(26(41)25(15)40)28(43)30(45)29(44)27(16)42/h5-8H,33-45H2,1-4H3. The average Bonchev–Trinajstić information content (AvgIpc) is 3.25. The van der Waals surface area contributed by atoms with Gasteiger partial charge in [0.1, 0.15) is 102 Å². The Morgan fingerprint density at radius 3 is 1.17 bits per heavy atom. The van der Waals surface area contributed by atoms with Gasteiger partial charge in [-0.1, -0.05) is 84.4 Å². The van der Waals surface area contributed by atoms with Crippen LogP contribution in [0.4, 0.5) is 0 Å². The van der Waals surface area contributed by atoms with Crippen molar-refractivity contribution in [1.29, 1.82) is 0 Å². The summed E-state index contributed by atoms with van der Waals surface area (Å²) >= 11 is 0. The first-order valence-electron chi connectivity index (χ1n) is 17.7. The van der Waals surface area contributed by atoms with Crippen LogP contribution in [0.25, 0.3) is 43.8 Å². The van der Waals surface area contributed by atoms with E-state index in [1.807, 2.05) is 0 Å². The van der Waals surface area contributed by atoms with Crippen LogP contribution in [0.5, 0.6) is 0 Å². The molecule has 0 saturated carbocycles. The smallest absolute Gasteiger partial charge is 0.399 e. The van der Waals surface area contributed by atoms with E-state index in [2.05, 4.69) is 154 Å². The topological polar surface area (TPSA) is 18.5 Å². The maximum atomic E-state index is 6.46. The Labute approximate surface area is 300 Å². The predicted molar refractivity (Wildman–Crippen MR) is 254 cm³/mol. The lowest BCUT2D eigenvalue weighted by Crippen LogP contribution is -2.53. The molecule has 0 spiro atoms. The van der Waals surface area contributed by atoms with Crippen molar-refractivity contribution in [2.24, 2.45) is 0 Å². The highest BCUT2D eigenvalue weighted by molar-refractivity contribution is 6.74. The monoisotopic (exact) mass is 612 g/mol. The Bertz CT molecular complexity index is 2230. The van der Waals surface area contributed by atoms with Gasteiger partial charge in [0, 0.05) is 0 Å². The summed E-state index contributed by atoms with van der Waals surface area (Å²) in [4.78, 5) is 0. The lowest BCUT2D eigenvalue weighted by atomic mass is 9.56. The molecule has 2 nitrogen and oxygen atoms in total. The molecule has 0 unspecified atom stereocenters. The second-order valence-electron chi connectivity index (χ2n) is 16.0. The Morgan fingerprint density at radius 2 is 0.750 bits per heavy atom. The fourth-order valence-corrected chi connectivity index (χ4v) is 8.91. The molecule has 6 rings (SSSR count). The molecule has 1 saturated heterocycles. The third kappa shape index (κ3) is 4.90. The van der Waals surface area contributed by atoms with Gasteiger partial charge in [-0.2, -0.15) is 0 Å². The highest BCUT2D eigenvalue weighted by Crippen LogP contribution is 2.36. The molecule has 16 heteroatoms. The summed E-state index contributed by atoms with van der Waals surface area (Å²) in [5.74, 6) is 0. The largest absolute Gasteiger partial charge is 0.494 e. The zero-order valence-electron chi connectivity index (χ0n) is 32.7. The average molecular weight is 610 g/mol. The Hall–Kier alpha value is -2.55. The lowest BCUT2D eigenvalue weighted by molar-refractivity contribution is 0.00578. The maximum Gasteiger partial charge on any atom is 0.494 e. The summed E-state index contributed by atoms with van der Waals surface area (Å²) in [6.45, 7) is 8.47. The molecule has 5 aromatic rings. The summed E-state index contributed by atoms with van der Waals surface area (Å²) in [7, 11) is 29.9. The molecule has 224 valence electrons. The molecule has 0 aromatic heterocycles. The van der Waals surface area contributed by atoms with Gasteiger partial charge in [0.05, 0.1) is 11.2 Å². The van der Waals surface area contributed by atoms with Gasteiger partial charge in [-0.25, -0.2) is 0 Å². The van der Waals surface area contributed by atoms with Crippen LogP contribution in [0.1, 0.15) is 27.7 Å². The van der Waals surface area contributed by atoms with Crippen LogP contribution in [-0.4, -0.2) is 120 Å². The highest BCUT2D eigenvalue weighted by Gasteiger charge is 2.51. The van der Waals surface area contributed by atoms with Crippen molar-refractivity contribution in [3.05, 3.63) is 24.3 Å². The van der Waals surface area contributed by atoms with Crippen molar-refractivity contribution >= 4 is 207 Å². The van der Waals surface area contributed by atoms with Crippen molar-refractivity contribution in [1.82, 2.24) is 0 Å². The van der Waals surface area contributed by atoms with E-state index >= 15 is 0 Å². The van der Waals surface area contributed by atoms with E-state index in [1.54, 1.807) is 0 Å². The zero-order chi connectivity index (χ0) is 35.5. The molecule has 0 atom stereocenters. The molecule has 1 fully saturated rings. The van der Waals surface area contributed by atoms with Crippen LogP contribution in [-0.2, 0) is 9.31 Å². The van der Waals surface area contributed by atoms with Gasteiger partial charge in [0.15, 0.2) is 0 Å². The van der Waals surface area contributed by atoms with Crippen LogP contribution in [0.2, 0.25) is 0 Å². The second-order valence-corrected chi connectivity index (χ2v) is 16.0. The van der Waals surface area contributed by atoms with Crippen molar-refractivity contribution in [2.75, 3.05) is 0 Å². The molecule has 1 aliphatic heterocycles. The molecule has 1 heterocycles. The number of fused-ring (bicyclic) bond motifs is 2. The van der Waals surface area contributed by atoms with Crippen molar-refractivity contribution < 1.29 is 9.31 Å². The van der Waals surface area contributed by atoms with Crippen LogP contribution in [0, 0.1) is 0 Å². The summed E-state index contributed by atoms with van der Waals surface area (Å²) < 4.78 is 12.9. The Balaban J connectivity index is 1.63. The minimum atomic E-state index is -0.386. The van der Waals surface area contributed by atoms with E-state index in [4.69, 9.17) is 9.31 Å². The van der Waals surface area contributed by atoms with Gasteiger partial charge in [-0.3, -0.25) is 0 Å². The fraction of sp³-hybridized carbons (Fsp3) is 0.188. The van der Waals surface area contributed by atoms with Gasteiger partial charge in [-0.15, -0.1) is 10.9 Å². The SMILES string of the molecule is Bc1c(B)c(B)c2c(B)c(-c3c(B)c(B)c4c(B)c(-c5cccc(B6OC(C)(C)C(C)(C)O6)c5)c(B)c(B)c4c3B)c(B)c(B)c2c1B. The van der Waals surface area contributed by atoms with Crippen LogP contribution in [0.15, 0.2) is 24.3 Å². The highest BCUT2D eigenvalue weighted by atomic mass is 16.7. The Kier molecular flexibility index (Phi) is 8.65. The third-order valence-corrected chi connectivity index (χ3v) is 13.1. The lowest BCUT2D eigenvalue weighted by Gasteiger charge is -2.32. The van der Waals surface area contributed by atoms with E-state index in [-0.39, 0.29) is 18.3 Å². The fourth-order valence-electron chi connectivity index (χ4n) is 8.91. The minimum absolute atomic E-state index is 0.376. The Morgan fingerprint density at radius 1 is 0.417 bits per heavy atom. The number of hydrogen-bond donors (Lipinski definition) is 0. The van der Waals surface area contributed by atoms with Gasteiger partial charge in [-0.05, 0) is 77.0 Å². The third-order valence-electron chi connectivity index (χ3n) is 13.1. The van der Waals surface area contributed by atoms with Crippen molar-refractivity contribution in [2.45, 2.75) is 38.9 Å². The first-order chi connectivity index (χ1) is 22.2. The molecule has 0 aliphatic carbocycles. The first-order valence-corrected chi connectivity index (χ1v) is 17.7. The molecule has 0 amide bonds. The predicted octanol–water partition coefficient (Wildman–Crippen LogP) is -15.0. The molecule has 1 aliphatic rings. The van der Waals surface area contributed by atoms with Gasteiger partial charge < -0.3 is 9.31 Å². The van der Waals surface area contributed by atoms with E-state index < -0.39 is 0 Å². The molecular formula is C32H42B14O2. The number of rotatable bonds is 3. The maximum absolute atomic E-state index is 6.46. The van der Waals surface area contributed by atoms with Gasteiger partial charge in [0.2, 0.25) is 0 Å². The minimum Gasteiger partial charge on any atom is -0.399 e. The van der Waals surface area contributed by atoms with Crippen molar-refractivity contribution in [3.63, 3.8) is 0 Å².